The van der Waals surface area contributed by atoms with E-state index in [1.54, 1.807) is 0 Å². The van der Waals surface area contributed by atoms with E-state index in [-0.39, 0.29) is 6.10 Å². The van der Waals surface area contributed by atoms with Gasteiger partial charge in [-0.1, -0.05) is 103 Å². The molecule has 1 atom stereocenters. The van der Waals surface area contributed by atoms with Crippen LogP contribution in [-0.2, 0) is 0 Å². The second-order valence-electron chi connectivity index (χ2n) is 6.59. The smallest absolute Gasteiger partial charge is 0.0512 e. The molecule has 0 bridgehead atoms. The Bertz CT molecular complexity index is 165. The van der Waals surface area contributed by atoms with Gasteiger partial charge in [0.15, 0.2) is 0 Å². The zero-order valence-corrected chi connectivity index (χ0v) is 14.3. The second-order valence-corrected chi connectivity index (χ2v) is 6.59. The minimum absolute atomic E-state index is 0.100. The highest BCUT2D eigenvalue weighted by molar-refractivity contribution is 4.51. The van der Waals surface area contributed by atoms with Gasteiger partial charge in [0, 0.05) is 0 Å². The van der Waals surface area contributed by atoms with Crippen molar-refractivity contribution in [2.75, 3.05) is 0 Å². The van der Waals surface area contributed by atoms with Crippen LogP contribution in [0.15, 0.2) is 0 Å². The molecule has 0 rings (SSSR count). The predicted molar refractivity (Wildman–Crippen MR) is 91.2 cm³/mol. The van der Waals surface area contributed by atoms with E-state index >= 15 is 0 Å². The van der Waals surface area contributed by atoms with Crippen LogP contribution in [-0.4, -0.2) is 11.2 Å². The van der Waals surface area contributed by atoms with Gasteiger partial charge in [-0.25, -0.2) is 0 Å². The summed E-state index contributed by atoms with van der Waals surface area (Å²) in [7, 11) is 0. The Morgan fingerprint density at radius 1 is 0.550 bits per heavy atom. The molecule has 1 N–H and O–H groups in total. The lowest BCUT2D eigenvalue weighted by Gasteiger charge is -2.04. The molecular formula is C19H40O. The SMILES string of the molecule is CCCCCCCCCCCCCCCCCC(C)O. The van der Waals surface area contributed by atoms with Crippen LogP contribution in [0.1, 0.15) is 117 Å². The molecule has 122 valence electrons. The van der Waals surface area contributed by atoms with Gasteiger partial charge >= 0.3 is 0 Å². The standard InChI is InChI=1S/C19H40O/c1-3-4-5-6-7-8-9-10-11-12-13-14-15-16-17-18-19(2)20/h19-20H,3-18H2,1-2H3. The molecule has 0 aliphatic rings. The first-order valence-electron chi connectivity index (χ1n) is 9.45. The monoisotopic (exact) mass is 284 g/mol. The quantitative estimate of drug-likeness (QED) is 0.315. The Morgan fingerprint density at radius 3 is 1.15 bits per heavy atom. The molecule has 0 aliphatic heterocycles. The third-order valence-corrected chi connectivity index (χ3v) is 4.23. The highest BCUT2D eigenvalue weighted by Crippen LogP contribution is 2.13. The van der Waals surface area contributed by atoms with Crippen molar-refractivity contribution in [1.82, 2.24) is 0 Å². The van der Waals surface area contributed by atoms with E-state index < -0.39 is 0 Å². The Balaban J connectivity index is 2.92. The third-order valence-electron chi connectivity index (χ3n) is 4.23. The lowest BCUT2D eigenvalue weighted by atomic mass is 10.0. The van der Waals surface area contributed by atoms with Gasteiger partial charge in [0.05, 0.1) is 6.10 Å². The lowest BCUT2D eigenvalue weighted by molar-refractivity contribution is 0.180. The molecule has 1 heteroatoms. The first-order valence-corrected chi connectivity index (χ1v) is 9.45. The highest BCUT2D eigenvalue weighted by atomic mass is 16.3. The van der Waals surface area contributed by atoms with Gasteiger partial charge in [-0.05, 0) is 13.3 Å². The maximum atomic E-state index is 9.16. The second kappa shape index (κ2) is 17.0. The summed E-state index contributed by atoms with van der Waals surface area (Å²) < 4.78 is 0. The fourth-order valence-corrected chi connectivity index (χ4v) is 2.81. The summed E-state index contributed by atoms with van der Waals surface area (Å²) in [6, 6.07) is 0. The van der Waals surface area contributed by atoms with Crippen LogP contribution < -0.4 is 0 Å². The van der Waals surface area contributed by atoms with E-state index in [9.17, 15) is 0 Å². The molecule has 0 fully saturated rings. The van der Waals surface area contributed by atoms with Gasteiger partial charge in [-0.2, -0.15) is 0 Å². The van der Waals surface area contributed by atoms with Crippen molar-refractivity contribution in [3.63, 3.8) is 0 Å². The van der Waals surface area contributed by atoms with Crippen LogP contribution in [0.25, 0.3) is 0 Å². The van der Waals surface area contributed by atoms with E-state index in [1.807, 2.05) is 6.92 Å². The molecule has 0 aromatic rings. The van der Waals surface area contributed by atoms with E-state index in [4.69, 9.17) is 5.11 Å². The largest absolute Gasteiger partial charge is 0.393 e. The Labute approximate surface area is 128 Å². The number of aliphatic hydroxyl groups excluding tert-OH is 1. The van der Waals surface area contributed by atoms with Gasteiger partial charge in [0.2, 0.25) is 0 Å². The third kappa shape index (κ3) is 18.0. The molecule has 0 amide bonds. The van der Waals surface area contributed by atoms with Crippen molar-refractivity contribution in [3.8, 4) is 0 Å². The number of hydrogen-bond donors (Lipinski definition) is 1. The van der Waals surface area contributed by atoms with E-state index in [1.165, 1.54) is 96.3 Å². The normalized spacial score (nSPS) is 12.8. The first kappa shape index (κ1) is 20.0. The number of aliphatic hydroxyl groups is 1. The Kier molecular flexibility index (Phi) is 17.0. The molecule has 0 saturated carbocycles. The molecule has 1 nitrogen and oxygen atoms in total. The number of rotatable bonds is 16. The van der Waals surface area contributed by atoms with Crippen molar-refractivity contribution in [1.29, 1.82) is 0 Å². The van der Waals surface area contributed by atoms with Crippen molar-refractivity contribution < 1.29 is 5.11 Å². The van der Waals surface area contributed by atoms with Crippen LogP contribution in [0, 0.1) is 0 Å². The van der Waals surface area contributed by atoms with Crippen LogP contribution >= 0.6 is 0 Å². The van der Waals surface area contributed by atoms with Gasteiger partial charge in [0.1, 0.15) is 0 Å². The molecule has 0 spiro atoms. The first-order chi connectivity index (χ1) is 9.77. The number of unbranched alkanes of at least 4 members (excludes halogenated alkanes) is 14. The zero-order valence-electron chi connectivity index (χ0n) is 14.3. The van der Waals surface area contributed by atoms with E-state index in [0.717, 1.165) is 6.42 Å². The summed E-state index contributed by atoms with van der Waals surface area (Å²) in [5, 5.41) is 9.16. The molecule has 0 radical (unpaired) electrons. The topological polar surface area (TPSA) is 20.2 Å². The summed E-state index contributed by atoms with van der Waals surface area (Å²) in [5.41, 5.74) is 0. The maximum absolute atomic E-state index is 9.16. The van der Waals surface area contributed by atoms with Gasteiger partial charge < -0.3 is 5.11 Å². The van der Waals surface area contributed by atoms with E-state index in [2.05, 4.69) is 6.92 Å². The summed E-state index contributed by atoms with van der Waals surface area (Å²) in [4.78, 5) is 0. The summed E-state index contributed by atoms with van der Waals surface area (Å²) in [6.07, 6.45) is 22.0. The Hall–Kier alpha value is -0.0400. The predicted octanol–water partition coefficient (Wildman–Crippen LogP) is 6.63. The van der Waals surface area contributed by atoms with Crippen molar-refractivity contribution >= 4 is 0 Å². The lowest BCUT2D eigenvalue weighted by Crippen LogP contribution is -1.98. The maximum Gasteiger partial charge on any atom is 0.0512 e. The van der Waals surface area contributed by atoms with Gasteiger partial charge in [-0.3, -0.25) is 0 Å². The van der Waals surface area contributed by atoms with Crippen LogP contribution in [0.2, 0.25) is 0 Å². The van der Waals surface area contributed by atoms with Crippen molar-refractivity contribution in [3.05, 3.63) is 0 Å². The molecule has 0 aromatic heterocycles. The van der Waals surface area contributed by atoms with Gasteiger partial charge in [0.25, 0.3) is 0 Å². The minimum Gasteiger partial charge on any atom is -0.393 e. The van der Waals surface area contributed by atoms with Crippen molar-refractivity contribution in [2.24, 2.45) is 0 Å². The zero-order chi connectivity index (χ0) is 14.9. The minimum atomic E-state index is -0.100. The van der Waals surface area contributed by atoms with Crippen molar-refractivity contribution in [2.45, 2.75) is 123 Å². The summed E-state index contributed by atoms with van der Waals surface area (Å²) in [5.74, 6) is 0. The number of hydrogen-bond acceptors (Lipinski definition) is 1. The van der Waals surface area contributed by atoms with E-state index in [0.29, 0.717) is 0 Å². The summed E-state index contributed by atoms with van der Waals surface area (Å²) in [6.45, 7) is 4.18. The molecule has 0 aromatic carbocycles. The average molecular weight is 285 g/mol. The molecule has 1 unspecified atom stereocenters. The molecule has 20 heavy (non-hydrogen) atoms. The summed E-state index contributed by atoms with van der Waals surface area (Å²) >= 11 is 0. The van der Waals surface area contributed by atoms with Gasteiger partial charge in [-0.15, -0.1) is 0 Å². The fraction of sp³-hybridized carbons (Fsp3) is 1.00. The Morgan fingerprint density at radius 2 is 0.850 bits per heavy atom. The van der Waals surface area contributed by atoms with Crippen LogP contribution in [0.5, 0.6) is 0 Å². The molecule has 0 saturated heterocycles. The molecule has 0 aliphatic carbocycles. The fourth-order valence-electron chi connectivity index (χ4n) is 2.81. The average Bonchev–Trinajstić information content (AvgIpc) is 2.43. The highest BCUT2D eigenvalue weighted by Gasteiger charge is 1.96. The van der Waals surface area contributed by atoms with Crippen LogP contribution in [0.4, 0.5) is 0 Å². The molecular weight excluding hydrogens is 244 g/mol. The molecule has 0 heterocycles. The van der Waals surface area contributed by atoms with Crippen LogP contribution in [0.3, 0.4) is 0 Å².